The molecular weight excluding hydrogens is 360 g/mol. The molecule has 0 saturated carbocycles. The maximum absolute atomic E-state index is 4.92. The van der Waals surface area contributed by atoms with Crippen LogP contribution in [0.15, 0.2) is 60.9 Å². The molecule has 29 heavy (non-hydrogen) atoms. The van der Waals surface area contributed by atoms with Crippen molar-refractivity contribution in [1.82, 2.24) is 24.4 Å². The second-order valence-electron chi connectivity index (χ2n) is 7.58. The van der Waals surface area contributed by atoms with Gasteiger partial charge in [-0.1, -0.05) is 0 Å². The smallest absolute Gasteiger partial charge is 0.165 e. The summed E-state index contributed by atoms with van der Waals surface area (Å²) in [5, 5.41) is 0. The molecule has 4 aromatic rings. The standard InChI is InChI=1S/C23H24N6/c1-17-25-22-8-7-21(18-9-11-24-12-10-18)26-23(22)29(17)20-5-3-19(4-6-20)28-15-13-27(2)14-16-28/h3-12H,13-16H2,1-2H3. The molecule has 4 heterocycles. The van der Waals surface area contributed by atoms with Gasteiger partial charge in [-0.05, 0) is 62.5 Å². The Bertz CT molecular complexity index is 1130. The highest BCUT2D eigenvalue weighted by Gasteiger charge is 2.16. The molecule has 0 aliphatic carbocycles. The zero-order valence-corrected chi connectivity index (χ0v) is 16.8. The molecule has 1 saturated heterocycles. The van der Waals surface area contributed by atoms with Gasteiger partial charge in [0, 0.05) is 55.5 Å². The second-order valence-corrected chi connectivity index (χ2v) is 7.58. The fourth-order valence-corrected chi connectivity index (χ4v) is 3.94. The minimum atomic E-state index is 0.879. The van der Waals surface area contributed by atoms with E-state index < -0.39 is 0 Å². The van der Waals surface area contributed by atoms with E-state index in [1.807, 2.05) is 31.2 Å². The molecule has 1 aliphatic heterocycles. The van der Waals surface area contributed by atoms with Crippen LogP contribution in [0.3, 0.4) is 0 Å². The largest absolute Gasteiger partial charge is 0.369 e. The van der Waals surface area contributed by atoms with E-state index in [4.69, 9.17) is 9.97 Å². The number of likely N-dealkylation sites (N-methyl/N-ethyl adjacent to an activating group) is 1. The van der Waals surface area contributed by atoms with Gasteiger partial charge in [0.15, 0.2) is 5.65 Å². The summed E-state index contributed by atoms with van der Waals surface area (Å²) in [6.07, 6.45) is 3.58. The molecule has 1 aromatic carbocycles. The fourth-order valence-electron chi connectivity index (χ4n) is 3.94. The van der Waals surface area contributed by atoms with Crippen LogP contribution >= 0.6 is 0 Å². The van der Waals surface area contributed by atoms with Crippen molar-refractivity contribution in [3.63, 3.8) is 0 Å². The highest BCUT2D eigenvalue weighted by Crippen LogP contribution is 2.25. The van der Waals surface area contributed by atoms with Crippen LogP contribution in [0, 0.1) is 6.92 Å². The molecule has 5 rings (SSSR count). The molecule has 1 aliphatic rings. The number of aromatic nitrogens is 4. The number of pyridine rings is 2. The van der Waals surface area contributed by atoms with Crippen LogP contribution in [0.2, 0.25) is 0 Å². The van der Waals surface area contributed by atoms with Crippen LogP contribution < -0.4 is 4.90 Å². The zero-order chi connectivity index (χ0) is 19.8. The number of hydrogen-bond donors (Lipinski definition) is 0. The van der Waals surface area contributed by atoms with Crippen LogP contribution in [0.1, 0.15) is 5.82 Å². The van der Waals surface area contributed by atoms with Crippen molar-refractivity contribution >= 4 is 16.9 Å². The third-order valence-electron chi connectivity index (χ3n) is 5.62. The van der Waals surface area contributed by atoms with Crippen molar-refractivity contribution in [2.45, 2.75) is 6.92 Å². The van der Waals surface area contributed by atoms with Crippen molar-refractivity contribution in [1.29, 1.82) is 0 Å². The molecule has 6 nitrogen and oxygen atoms in total. The molecule has 0 amide bonds. The van der Waals surface area contributed by atoms with Gasteiger partial charge in [-0.3, -0.25) is 9.55 Å². The molecule has 0 radical (unpaired) electrons. The van der Waals surface area contributed by atoms with Crippen LogP contribution in [0.5, 0.6) is 0 Å². The summed E-state index contributed by atoms with van der Waals surface area (Å²) >= 11 is 0. The lowest BCUT2D eigenvalue weighted by Gasteiger charge is -2.34. The highest BCUT2D eigenvalue weighted by atomic mass is 15.2. The Hall–Kier alpha value is -3.25. The summed E-state index contributed by atoms with van der Waals surface area (Å²) in [6, 6.07) is 16.8. The topological polar surface area (TPSA) is 50.1 Å². The van der Waals surface area contributed by atoms with E-state index in [-0.39, 0.29) is 0 Å². The fraction of sp³-hybridized carbons (Fsp3) is 0.261. The van der Waals surface area contributed by atoms with Gasteiger partial charge in [-0.25, -0.2) is 9.97 Å². The summed E-state index contributed by atoms with van der Waals surface area (Å²) < 4.78 is 2.13. The summed E-state index contributed by atoms with van der Waals surface area (Å²) in [5.74, 6) is 0.937. The Balaban J connectivity index is 1.51. The van der Waals surface area contributed by atoms with E-state index in [0.717, 1.165) is 60.1 Å². The third-order valence-corrected chi connectivity index (χ3v) is 5.62. The third kappa shape index (κ3) is 3.36. The van der Waals surface area contributed by atoms with Crippen LogP contribution in [-0.2, 0) is 0 Å². The SMILES string of the molecule is Cc1nc2ccc(-c3ccncc3)nc2n1-c1ccc(N2CCN(C)CC2)cc1. The predicted molar refractivity (Wildman–Crippen MR) is 117 cm³/mol. The van der Waals surface area contributed by atoms with Gasteiger partial charge in [0.25, 0.3) is 0 Å². The summed E-state index contributed by atoms with van der Waals surface area (Å²) in [4.78, 5) is 18.6. The van der Waals surface area contributed by atoms with Crippen molar-refractivity contribution in [3.05, 3.63) is 66.7 Å². The molecular formula is C23H24N6. The predicted octanol–water partition coefficient (Wildman–Crippen LogP) is 3.54. The Kier molecular flexibility index (Phi) is 4.48. The number of nitrogens with zero attached hydrogens (tertiary/aromatic N) is 6. The average Bonchev–Trinajstić information content (AvgIpc) is 3.10. The van der Waals surface area contributed by atoms with Crippen molar-refractivity contribution < 1.29 is 0 Å². The number of hydrogen-bond acceptors (Lipinski definition) is 5. The average molecular weight is 384 g/mol. The monoisotopic (exact) mass is 384 g/mol. The Morgan fingerprint density at radius 2 is 1.45 bits per heavy atom. The van der Waals surface area contributed by atoms with Gasteiger partial charge in [-0.15, -0.1) is 0 Å². The van der Waals surface area contributed by atoms with Gasteiger partial charge in [0.2, 0.25) is 0 Å². The molecule has 146 valence electrons. The Morgan fingerprint density at radius 1 is 0.759 bits per heavy atom. The number of anilines is 1. The first-order valence-electron chi connectivity index (χ1n) is 9.99. The summed E-state index contributed by atoms with van der Waals surface area (Å²) in [5.41, 5.74) is 6.12. The van der Waals surface area contributed by atoms with Crippen LogP contribution in [-0.4, -0.2) is 57.6 Å². The number of imidazole rings is 1. The van der Waals surface area contributed by atoms with Gasteiger partial charge in [0.1, 0.15) is 11.3 Å². The zero-order valence-electron chi connectivity index (χ0n) is 16.8. The summed E-state index contributed by atoms with van der Waals surface area (Å²) in [7, 11) is 2.18. The van der Waals surface area contributed by atoms with Crippen LogP contribution in [0.25, 0.3) is 28.1 Å². The Morgan fingerprint density at radius 3 is 2.17 bits per heavy atom. The van der Waals surface area contributed by atoms with E-state index in [1.165, 1.54) is 5.69 Å². The normalized spacial score (nSPS) is 15.2. The van der Waals surface area contributed by atoms with E-state index in [1.54, 1.807) is 12.4 Å². The first-order chi connectivity index (χ1) is 14.2. The number of piperazine rings is 1. The molecule has 3 aromatic heterocycles. The quantitative estimate of drug-likeness (QED) is 0.541. The Labute approximate surface area is 170 Å². The number of fused-ring (bicyclic) bond motifs is 1. The first kappa shape index (κ1) is 17.8. The van der Waals surface area contributed by atoms with E-state index in [9.17, 15) is 0 Å². The maximum Gasteiger partial charge on any atom is 0.165 e. The lowest BCUT2D eigenvalue weighted by Crippen LogP contribution is -2.44. The van der Waals surface area contributed by atoms with Gasteiger partial charge < -0.3 is 9.80 Å². The molecule has 1 fully saturated rings. The number of benzene rings is 1. The minimum absolute atomic E-state index is 0.879. The van der Waals surface area contributed by atoms with Crippen LogP contribution in [0.4, 0.5) is 5.69 Å². The van der Waals surface area contributed by atoms with Gasteiger partial charge >= 0.3 is 0 Å². The molecule has 0 spiro atoms. The lowest BCUT2D eigenvalue weighted by atomic mass is 10.2. The van der Waals surface area contributed by atoms with E-state index in [0.29, 0.717) is 0 Å². The van der Waals surface area contributed by atoms with E-state index >= 15 is 0 Å². The van der Waals surface area contributed by atoms with Gasteiger partial charge in [-0.2, -0.15) is 0 Å². The highest BCUT2D eigenvalue weighted by molar-refractivity contribution is 5.78. The molecule has 0 bridgehead atoms. The maximum atomic E-state index is 4.92. The number of rotatable bonds is 3. The van der Waals surface area contributed by atoms with E-state index in [2.05, 4.69) is 50.7 Å². The van der Waals surface area contributed by atoms with Crippen molar-refractivity contribution in [2.75, 3.05) is 38.1 Å². The molecule has 0 atom stereocenters. The molecule has 0 N–H and O–H groups in total. The van der Waals surface area contributed by atoms with Crippen molar-refractivity contribution in [3.8, 4) is 16.9 Å². The first-order valence-corrected chi connectivity index (χ1v) is 9.99. The second kappa shape index (κ2) is 7.29. The molecule has 0 unspecified atom stereocenters. The summed E-state index contributed by atoms with van der Waals surface area (Å²) in [6.45, 7) is 6.38. The number of aryl methyl sites for hydroxylation is 1. The van der Waals surface area contributed by atoms with Gasteiger partial charge in [0.05, 0.1) is 5.69 Å². The molecule has 6 heteroatoms. The minimum Gasteiger partial charge on any atom is -0.369 e. The lowest BCUT2D eigenvalue weighted by molar-refractivity contribution is 0.313. The van der Waals surface area contributed by atoms with Crippen molar-refractivity contribution in [2.24, 2.45) is 0 Å².